The van der Waals surface area contributed by atoms with Gasteiger partial charge in [-0.2, -0.15) is 23.1 Å². The number of amides is 1. The van der Waals surface area contributed by atoms with Crippen LogP contribution in [0.3, 0.4) is 0 Å². The minimum Gasteiger partial charge on any atom is -0.481 e. The summed E-state index contributed by atoms with van der Waals surface area (Å²) in [5, 5.41) is 2.26. The van der Waals surface area contributed by atoms with Crippen LogP contribution in [-0.2, 0) is 17.5 Å². The van der Waals surface area contributed by atoms with E-state index < -0.39 is 29.8 Å². The number of nitrogens with one attached hydrogen (secondary N) is 1. The highest BCUT2D eigenvalue weighted by atomic mass is 19.4. The van der Waals surface area contributed by atoms with E-state index in [9.17, 15) is 22.8 Å². The summed E-state index contributed by atoms with van der Waals surface area (Å²) in [6.45, 7) is -0.647. The predicted molar refractivity (Wildman–Crippen MR) is 79.5 cm³/mol. The molecule has 134 valence electrons. The normalized spacial score (nSPS) is 11.1. The number of halogens is 3. The maximum Gasteiger partial charge on any atom is 0.417 e. The molecule has 0 unspecified atom stereocenters. The Morgan fingerprint density at radius 3 is 2.32 bits per heavy atom. The number of pyridine rings is 1. The number of hydrogen-bond acceptors (Lipinski definition) is 6. The Morgan fingerprint density at radius 1 is 1.20 bits per heavy atom. The lowest BCUT2D eigenvalue weighted by Gasteiger charge is -2.11. The molecule has 0 aliphatic carbocycles. The molecule has 2 aromatic heterocycles. The summed E-state index contributed by atoms with van der Waals surface area (Å²) < 4.78 is 48.5. The zero-order valence-corrected chi connectivity index (χ0v) is 13.1. The van der Waals surface area contributed by atoms with Crippen LogP contribution in [0.15, 0.2) is 29.2 Å². The summed E-state index contributed by atoms with van der Waals surface area (Å²) in [5.41, 5.74) is -1.80. The van der Waals surface area contributed by atoms with Crippen LogP contribution in [0.5, 0.6) is 11.8 Å². The molecule has 2 heterocycles. The van der Waals surface area contributed by atoms with Crippen molar-refractivity contribution in [1.82, 2.24) is 14.5 Å². The first-order valence-corrected chi connectivity index (χ1v) is 6.77. The van der Waals surface area contributed by atoms with E-state index >= 15 is 0 Å². The van der Waals surface area contributed by atoms with E-state index in [0.29, 0.717) is 16.8 Å². The van der Waals surface area contributed by atoms with Gasteiger partial charge in [0.2, 0.25) is 23.6 Å². The Balaban J connectivity index is 2.19. The number of carbonyl (C=O) groups is 1. The molecular weight excluding hydrogens is 345 g/mol. The van der Waals surface area contributed by atoms with Gasteiger partial charge in [0.1, 0.15) is 6.54 Å². The van der Waals surface area contributed by atoms with Crippen LogP contribution in [0.25, 0.3) is 0 Å². The maximum absolute atomic E-state index is 12.7. The molecule has 1 N–H and O–H groups in total. The summed E-state index contributed by atoms with van der Waals surface area (Å²) >= 11 is 0. The molecule has 0 atom stereocenters. The molecule has 0 spiro atoms. The quantitative estimate of drug-likeness (QED) is 0.866. The van der Waals surface area contributed by atoms with Gasteiger partial charge in [-0.3, -0.25) is 14.9 Å². The molecule has 0 aliphatic rings. The standard InChI is InChI=1S/C14H13F3N4O4/c1-24-10-5-11(25-2)20-13(19-10)18-9(22)7-21-6-8(14(15,16)17)3-4-12(21)23/h3-6H,7H2,1-2H3,(H,18,19,20,22). The average molecular weight is 358 g/mol. The largest absolute Gasteiger partial charge is 0.481 e. The second-order valence-corrected chi connectivity index (χ2v) is 4.71. The Labute approximate surface area is 139 Å². The topological polar surface area (TPSA) is 95.3 Å². The third-order valence-corrected chi connectivity index (χ3v) is 2.97. The molecule has 0 aromatic carbocycles. The molecule has 11 heteroatoms. The zero-order valence-electron chi connectivity index (χ0n) is 13.1. The number of nitrogens with zero attached hydrogens (tertiary/aromatic N) is 3. The molecule has 0 bridgehead atoms. The van der Waals surface area contributed by atoms with Crippen molar-refractivity contribution in [2.75, 3.05) is 19.5 Å². The van der Waals surface area contributed by atoms with E-state index in [1.165, 1.54) is 20.3 Å². The number of hydrogen-bond donors (Lipinski definition) is 1. The third kappa shape index (κ3) is 4.68. The van der Waals surface area contributed by atoms with Gasteiger partial charge < -0.3 is 14.0 Å². The highest BCUT2D eigenvalue weighted by Gasteiger charge is 2.31. The molecule has 25 heavy (non-hydrogen) atoms. The van der Waals surface area contributed by atoms with Gasteiger partial charge >= 0.3 is 6.18 Å². The lowest BCUT2D eigenvalue weighted by atomic mass is 10.3. The van der Waals surface area contributed by atoms with Crippen molar-refractivity contribution in [3.8, 4) is 11.8 Å². The van der Waals surface area contributed by atoms with Gasteiger partial charge in [0.25, 0.3) is 5.56 Å². The molecule has 2 aromatic rings. The van der Waals surface area contributed by atoms with Gasteiger partial charge in [-0.1, -0.05) is 0 Å². The molecule has 0 radical (unpaired) electrons. The van der Waals surface area contributed by atoms with Crippen molar-refractivity contribution in [3.05, 3.63) is 40.3 Å². The summed E-state index contributed by atoms with van der Waals surface area (Å²) in [6.07, 6.45) is -4.07. The summed E-state index contributed by atoms with van der Waals surface area (Å²) in [4.78, 5) is 31.3. The van der Waals surface area contributed by atoms with Gasteiger partial charge in [0, 0.05) is 12.3 Å². The third-order valence-electron chi connectivity index (χ3n) is 2.97. The van der Waals surface area contributed by atoms with Gasteiger partial charge in [0.15, 0.2) is 0 Å². The molecule has 8 nitrogen and oxygen atoms in total. The van der Waals surface area contributed by atoms with E-state index in [0.717, 1.165) is 6.07 Å². The molecule has 0 aliphatic heterocycles. The van der Waals surface area contributed by atoms with Gasteiger partial charge in [0.05, 0.1) is 25.8 Å². The van der Waals surface area contributed by atoms with Gasteiger partial charge in [-0.05, 0) is 6.07 Å². The molecule has 1 amide bonds. The van der Waals surface area contributed by atoms with Crippen molar-refractivity contribution in [2.24, 2.45) is 0 Å². The highest BCUT2D eigenvalue weighted by molar-refractivity contribution is 5.88. The predicted octanol–water partition coefficient (Wildman–Crippen LogP) is 1.31. The van der Waals surface area contributed by atoms with Crippen molar-refractivity contribution < 1.29 is 27.4 Å². The van der Waals surface area contributed by atoms with Gasteiger partial charge in [-0.15, -0.1) is 0 Å². The van der Waals surface area contributed by atoms with E-state index in [2.05, 4.69) is 15.3 Å². The highest BCUT2D eigenvalue weighted by Crippen LogP contribution is 2.28. The maximum atomic E-state index is 12.7. The van der Waals surface area contributed by atoms with E-state index in [-0.39, 0.29) is 17.7 Å². The van der Waals surface area contributed by atoms with Crippen LogP contribution in [0, 0.1) is 0 Å². The van der Waals surface area contributed by atoms with E-state index in [4.69, 9.17) is 9.47 Å². The Morgan fingerprint density at radius 2 is 1.80 bits per heavy atom. The SMILES string of the molecule is COc1cc(OC)nc(NC(=O)Cn2cc(C(F)(F)F)ccc2=O)n1. The van der Waals surface area contributed by atoms with Crippen molar-refractivity contribution in [2.45, 2.75) is 12.7 Å². The zero-order chi connectivity index (χ0) is 18.6. The number of carbonyl (C=O) groups excluding carboxylic acids is 1. The Hall–Kier alpha value is -3.11. The first-order valence-electron chi connectivity index (χ1n) is 6.77. The fourth-order valence-electron chi connectivity index (χ4n) is 1.81. The summed E-state index contributed by atoms with van der Waals surface area (Å²) in [5.74, 6) is -0.755. The van der Waals surface area contributed by atoms with Crippen molar-refractivity contribution >= 4 is 11.9 Å². The fraction of sp³-hybridized carbons (Fsp3) is 0.286. The van der Waals surface area contributed by atoms with E-state index in [1.54, 1.807) is 0 Å². The first-order chi connectivity index (χ1) is 11.7. The molecule has 0 fully saturated rings. The van der Waals surface area contributed by atoms with Crippen molar-refractivity contribution in [3.63, 3.8) is 0 Å². The number of anilines is 1. The molecule has 2 rings (SSSR count). The summed E-state index contributed by atoms with van der Waals surface area (Å²) in [6, 6.07) is 2.75. The first kappa shape index (κ1) is 18.2. The van der Waals surface area contributed by atoms with Crippen molar-refractivity contribution in [1.29, 1.82) is 0 Å². The fourth-order valence-corrected chi connectivity index (χ4v) is 1.81. The minimum absolute atomic E-state index is 0.110. The van der Waals surface area contributed by atoms with Gasteiger partial charge in [-0.25, -0.2) is 0 Å². The lowest BCUT2D eigenvalue weighted by molar-refractivity contribution is -0.138. The lowest BCUT2D eigenvalue weighted by Crippen LogP contribution is -2.28. The van der Waals surface area contributed by atoms with Crippen LogP contribution in [0.2, 0.25) is 0 Å². The number of alkyl halides is 3. The molecule has 0 saturated heterocycles. The van der Waals surface area contributed by atoms with E-state index in [1.807, 2.05) is 0 Å². The number of rotatable bonds is 5. The van der Waals surface area contributed by atoms with Crippen LogP contribution in [0.4, 0.5) is 19.1 Å². The van der Waals surface area contributed by atoms with Crippen LogP contribution in [0.1, 0.15) is 5.56 Å². The molecular formula is C14H13F3N4O4. The van der Waals surface area contributed by atoms with Crippen LogP contribution in [-0.4, -0.2) is 34.7 Å². The van der Waals surface area contributed by atoms with Crippen LogP contribution < -0.4 is 20.3 Å². The number of aromatic nitrogens is 3. The Bertz CT molecular complexity index is 813. The second kappa shape index (κ2) is 7.20. The second-order valence-electron chi connectivity index (χ2n) is 4.71. The monoisotopic (exact) mass is 358 g/mol. The number of methoxy groups -OCH3 is 2. The molecule has 0 saturated carbocycles. The minimum atomic E-state index is -4.63. The average Bonchev–Trinajstić information content (AvgIpc) is 2.55. The summed E-state index contributed by atoms with van der Waals surface area (Å²) in [7, 11) is 2.69. The van der Waals surface area contributed by atoms with Crippen LogP contribution >= 0.6 is 0 Å². The Kier molecular flexibility index (Phi) is 5.25. The number of ether oxygens (including phenoxy) is 2. The smallest absolute Gasteiger partial charge is 0.417 e.